The maximum absolute atomic E-state index is 13.1. The third kappa shape index (κ3) is 3.39. The lowest BCUT2D eigenvalue weighted by Crippen LogP contribution is -2.42. The number of aryl methyl sites for hydroxylation is 2. The number of amides is 1. The van der Waals surface area contributed by atoms with Gasteiger partial charge in [0.1, 0.15) is 5.69 Å². The number of thiazole rings is 1. The Hall–Kier alpha value is -2.18. The summed E-state index contributed by atoms with van der Waals surface area (Å²) < 4.78 is 1.84. The molecule has 27 heavy (non-hydrogen) atoms. The summed E-state index contributed by atoms with van der Waals surface area (Å²) in [5, 5.41) is 2.47. The molecule has 0 N–H and O–H groups in total. The molecule has 4 rings (SSSR count). The van der Waals surface area contributed by atoms with E-state index in [0.717, 1.165) is 29.1 Å². The zero-order valence-corrected chi connectivity index (χ0v) is 16.8. The van der Waals surface area contributed by atoms with E-state index >= 15 is 0 Å². The van der Waals surface area contributed by atoms with Crippen LogP contribution in [-0.2, 0) is 0 Å². The molecule has 3 heterocycles. The molecule has 0 spiro atoms. The summed E-state index contributed by atoms with van der Waals surface area (Å²) in [6, 6.07) is 5.35. The molecular weight excluding hydrogens is 382 g/mol. The van der Waals surface area contributed by atoms with E-state index in [-0.39, 0.29) is 17.6 Å². The first kappa shape index (κ1) is 18.2. The van der Waals surface area contributed by atoms with E-state index in [4.69, 9.17) is 11.6 Å². The molecule has 1 atom stereocenters. The fraction of sp³-hybridized carbons (Fsp3) is 0.350. The smallest absolute Gasteiger partial charge is 0.271 e. The molecule has 2 aromatic heterocycles. The molecule has 0 radical (unpaired) electrons. The van der Waals surface area contributed by atoms with Crippen LogP contribution in [-0.4, -0.2) is 39.1 Å². The molecule has 140 valence electrons. The van der Waals surface area contributed by atoms with Crippen molar-refractivity contribution in [3.05, 3.63) is 57.3 Å². The Kier molecular flexibility index (Phi) is 4.78. The van der Waals surface area contributed by atoms with Gasteiger partial charge in [-0.3, -0.25) is 14.0 Å². The number of piperidine rings is 1. The Balaban J connectivity index is 1.55. The van der Waals surface area contributed by atoms with Crippen molar-refractivity contribution in [2.45, 2.75) is 26.7 Å². The minimum absolute atomic E-state index is 0.0380. The number of carbonyl (C=O) groups is 2. The number of likely N-dealkylation sites (tertiary alicyclic amines) is 1. The monoisotopic (exact) mass is 401 g/mol. The Bertz CT molecular complexity index is 1040. The molecular formula is C20H20ClN3O2S. The summed E-state index contributed by atoms with van der Waals surface area (Å²) in [5.41, 5.74) is 3.08. The van der Waals surface area contributed by atoms with Crippen LogP contribution in [0.5, 0.6) is 0 Å². The molecule has 1 aromatic carbocycles. The second-order valence-electron chi connectivity index (χ2n) is 7.07. The van der Waals surface area contributed by atoms with Crippen molar-refractivity contribution in [2.75, 3.05) is 13.1 Å². The average Bonchev–Trinajstić information content (AvgIpc) is 3.19. The Morgan fingerprint density at radius 2 is 2.11 bits per heavy atom. The van der Waals surface area contributed by atoms with E-state index in [0.29, 0.717) is 29.4 Å². The van der Waals surface area contributed by atoms with Crippen LogP contribution in [0.2, 0.25) is 5.02 Å². The van der Waals surface area contributed by atoms with Crippen molar-refractivity contribution >= 4 is 39.6 Å². The van der Waals surface area contributed by atoms with Crippen LogP contribution in [0.25, 0.3) is 4.96 Å². The van der Waals surface area contributed by atoms with Gasteiger partial charge in [-0.25, -0.2) is 4.98 Å². The molecule has 1 unspecified atom stereocenters. The Morgan fingerprint density at radius 1 is 1.30 bits per heavy atom. The summed E-state index contributed by atoms with van der Waals surface area (Å²) in [5.74, 6) is -0.124. The number of rotatable bonds is 3. The van der Waals surface area contributed by atoms with Crippen LogP contribution in [0, 0.1) is 19.8 Å². The van der Waals surface area contributed by atoms with Gasteiger partial charge in [-0.1, -0.05) is 11.6 Å². The lowest BCUT2D eigenvalue weighted by atomic mass is 9.88. The molecule has 1 aliphatic heterocycles. The highest BCUT2D eigenvalue weighted by molar-refractivity contribution is 7.15. The third-order valence-electron chi connectivity index (χ3n) is 5.08. The highest BCUT2D eigenvalue weighted by Gasteiger charge is 2.31. The zero-order chi connectivity index (χ0) is 19.1. The van der Waals surface area contributed by atoms with Gasteiger partial charge in [0.15, 0.2) is 10.7 Å². The number of nitrogens with zero attached hydrogens (tertiary/aromatic N) is 3. The van der Waals surface area contributed by atoms with Crippen LogP contribution >= 0.6 is 22.9 Å². The number of hydrogen-bond acceptors (Lipinski definition) is 4. The number of carbonyl (C=O) groups excluding carboxylic acids is 2. The second kappa shape index (κ2) is 7.09. The van der Waals surface area contributed by atoms with Gasteiger partial charge in [-0.2, -0.15) is 0 Å². The van der Waals surface area contributed by atoms with Gasteiger partial charge in [0.05, 0.1) is 5.69 Å². The lowest BCUT2D eigenvalue weighted by molar-refractivity contribution is 0.0631. The Labute approximate surface area is 166 Å². The van der Waals surface area contributed by atoms with Crippen molar-refractivity contribution in [1.82, 2.24) is 14.3 Å². The molecule has 0 bridgehead atoms. The first-order valence-corrected chi connectivity index (χ1v) is 10.2. The first-order valence-electron chi connectivity index (χ1n) is 8.97. The van der Waals surface area contributed by atoms with Crippen molar-refractivity contribution in [3.8, 4) is 0 Å². The molecule has 5 nitrogen and oxygen atoms in total. The van der Waals surface area contributed by atoms with Crippen LogP contribution in [0.1, 0.15) is 44.9 Å². The lowest BCUT2D eigenvalue weighted by Gasteiger charge is -2.32. The number of hydrogen-bond donors (Lipinski definition) is 0. The van der Waals surface area contributed by atoms with Crippen molar-refractivity contribution in [2.24, 2.45) is 5.92 Å². The molecule has 1 amide bonds. The second-order valence-corrected chi connectivity index (χ2v) is 8.34. The highest BCUT2D eigenvalue weighted by Crippen LogP contribution is 2.26. The van der Waals surface area contributed by atoms with E-state index in [9.17, 15) is 9.59 Å². The average molecular weight is 402 g/mol. The number of ketones is 1. The highest BCUT2D eigenvalue weighted by atomic mass is 35.5. The van der Waals surface area contributed by atoms with E-state index < -0.39 is 0 Å². The maximum atomic E-state index is 13.1. The third-order valence-corrected chi connectivity index (χ3v) is 6.16. The van der Waals surface area contributed by atoms with Crippen LogP contribution in [0.4, 0.5) is 0 Å². The largest absolute Gasteiger partial charge is 0.337 e. The number of Topliss-reactive ketones (excluding diaryl/α,β-unsaturated/α-hetero) is 1. The topological polar surface area (TPSA) is 54.7 Å². The summed E-state index contributed by atoms with van der Waals surface area (Å²) in [6.45, 7) is 4.93. The standard InChI is InChI=1S/C20H20ClN3O2S/c1-12-8-15(21)5-6-16(12)18(25)14-4-3-7-23(10-14)19(26)17-11-27-20-22-13(2)9-24(17)20/h5-6,8-9,11,14H,3-4,7,10H2,1-2H3. The van der Waals surface area contributed by atoms with Gasteiger partial charge in [0.2, 0.25) is 0 Å². The Morgan fingerprint density at radius 3 is 2.89 bits per heavy atom. The number of aromatic nitrogens is 2. The van der Waals surface area contributed by atoms with Crippen LogP contribution < -0.4 is 0 Å². The summed E-state index contributed by atoms with van der Waals surface area (Å²) in [6.07, 6.45) is 3.50. The fourth-order valence-electron chi connectivity index (χ4n) is 3.71. The predicted octanol–water partition coefficient (Wildman–Crippen LogP) is 4.40. The normalized spacial score (nSPS) is 17.4. The van der Waals surface area contributed by atoms with E-state index in [1.807, 2.05) is 35.9 Å². The minimum Gasteiger partial charge on any atom is -0.337 e. The quantitative estimate of drug-likeness (QED) is 0.611. The SMILES string of the molecule is Cc1cn2c(C(=O)N3CCCC(C(=O)c4ccc(Cl)cc4C)C3)csc2n1. The number of halogens is 1. The van der Waals surface area contributed by atoms with Crippen molar-refractivity contribution in [1.29, 1.82) is 0 Å². The molecule has 1 aliphatic rings. The predicted molar refractivity (Wildman–Crippen MR) is 107 cm³/mol. The molecule has 1 fully saturated rings. The van der Waals surface area contributed by atoms with Gasteiger partial charge >= 0.3 is 0 Å². The van der Waals surface area contributed by atoms with Crippen molar-refractivity contribution in [3.63, 3.8) is 0 Å². The summed E-state index contributed by atoms with van der Waals surface area (Å²) in [4.78, 5) is 33.1. The van der Waals surface area contributed by atoms with Crippen LogP contribution in [0.3, 0.4) is 0 Å². The summed E-state index contributed by atoms with van der Waals surface area (Å²) in [7, 11) is 0. The van der Waals surface area contributed by atoms with E-state index in [1.165, 1.54) is 11.3 Å². The molecule has 0 aliphatic carbocycles. The number of imidazole rings is 1. The molecule has 0 saturated carbocycles. The van der Waals surface area contributed by atoms with Gasteiger partial charge in [-0.05, 0) is 50.5 Å². The minimum atomic E-state index is -0.179. The van der Waals surface area contributed by atoms with Gasteiger partial charge in [0.25, 0.3) is 5.91 Å². The van der Waals surface area contributed by atoms with Crippen LogP contribution in [0.15, 0.2) is 29.8 Å². The van der Waals surface area contributed by atoms with Gasteiger partial charge < -0.3 is 4.90 Å². The first-order chi connectivity index (χ1) is 12.9. The van der Waals surface area contributed by atoms with E-state index in [2.05, 4.69) is 4.98 Å². The summed E-state index contributed by atoms with van der Waals surface area (Å²) >= 11 is 7.47. The van der Waals surface area contributed by atoms with Gasteiger partial charge in [-0.15, -0.1) is 11.3 Å². The zero-order valence-electron chi connectivity index (χ0n) is 15.2. The molecule has 3 aromatic rings. The van der Waals surface area contributed by atoms with Gasteiger partial charge in [0, 0.05) is 41.2 Å². The van der Waals surface area contributed by atoms with Crippen molar-refractivity contribution < 1.29 is 9.59 Å². The fourth-order valence-corrected chi connectivity index (χ4v) is 4.83. The maximum Gasteiger partial charge on any atom is 0.271 e. The number of fused-ring (bicyclic) bond motifs is 1. The van der Waals surface area contributed by atoms with E-state index in [1.54, 1.807) is 17.0 Å². The molecule has 7 heteroatoms. The molecule has 1 saturated heterocycles. The number of benzene rings is 1.